The maximum absolute atomic E-state index is 12.4. The third-order valence-corrected chi connectivity index (χ3v) is 3.24. The number of nitrogens with one attached hydrogen (secondary N) is 2. The number of carbonyl (C=O) groups is 1. The van der Waals surface area contributed by atoms with Crippen molar-refractivity contribution in [2.24, 2.45) is 0 Å². The van der Waals surface area contributed by atoms with Gasteiger partial charge in [0.1, 0.15) is 0 Å². The fraction of sp³-hybridized carbons (Fsp3) is 0.278. The highest BCUT2D eigenvalue weighted by Gasteiger charge is 2.11. The van der Waals surface area contributed by atoms with Gasteiger partial charge < -0.3 is 10.6 Å². The van der Waals surface area contributed by atoms with Gasteiger partial charge in [0.25, 0.3) is 5.91 Å². The monoisotopic (exact) mass is 282 g/mol. The first-order chi connectivity index (χ1) is 10.1. The summed E-state index contributed by atoms with van der Waals surface area (Å²) in [6.45, 7) is 6.22. The molecule has 3 nitrogen and oxygen atoms in total. The standard InChI is InChI=1S/C18H22N2O/c1-4-14-9-11-15(12-10-14)20-18(21)16-7-5-6-8-17(16)19-13(2)3/h5-13,19H,4H2,1-3H3,(H,20,21). The number of aryl methyl sites for hydroxylation is 1. The van der Waals surface area contributed by atoms with Gasteiger partial charge in [0.2, 0.25) is 0 Å². The second-order valence-electron chi connectivity index (χ2n) is 5.35. The molecule has 0 spiro atoms. The minimum Gasteiger partial charge on any atom is -0.382 e. The molecule has 0 aliphatic carbocycles. The summed E-state index contributed by atoms with van der Waals surface area (Å²) in [5.41, 5.74) is 3.59. The highest BCUT2D eigenvalue weighted by atomic mass is 16.1. The minimum atomic E-state index is -0.0944. The van der Waals surface area contributed by atoms with E-state index in [-0.39, 0.29) is 11.9 Å². The lowest BCUT2D eigenvalue weighted by Gasteiger charge is -2.14. The van der Waals surface area contributed by atoms with Crippen molar-refractivity contribution in [2.75, 3.05) is 10.6 Å². The minimum absolute atomic E-state index is 0.0944. The Kier molecular flexibility index (Phi) is 4.99. The summed E-state index contributed by atoms with van der Waals surface area (Å²) in [5.74, 6) is -0.0944. The Morgan fingerprint density at radius 3 is 2.33 bits per heavy atom. The Balaban J connectivity index is 2.16. The third kappa shape index (κ3) is 4.09. The molecule has 3 heteroatoms. The van der Waals surface area contributed by atoms with E-state index in [4.69, 9.17) is 0 Å². The summed E-state index contributed by atoms with van der Waals surface area (Å²) in [4.78, 5) is 12.4. The molecule has 0 aliphatic heterocycles. The summed E-state index contributed by atoms with van der Waals surface area (Å²) in [6.07, 6.45) is 0.995. The lowest BCUT2D eigenvalue weighted by molar-refractivity contribution is 0.102. The molecule has 0 fully saturated rings. The van der Waals surface area contributed by atoms with E-state index in [1.807, 2.05) is 48.5 Å². The number of para-hydroxylation sites is 1. The third-order valence-electron chi connectivity index (χ3n) is 3.24. The van der Waals surface area contributed by atoms with Crippen LogP contribution in [-0.4, -0.2) is 11.9 Å². The fourth-order valence-corrected chi connectivity index (χ4v) is 2.14. The van der Waals surface area contributed by atoms with E-state index in [1.165, 1.54) is 5.56 Å². The molecule has 0 aliphatic rings. The number of anilines is 2. The molecule has 2 rings (SSSR count). The van der Waals surface area contributed by atoms with Crippen LogP contribution in [0.5, 0.6) is 0 Å². The van der Waals surface area contributed by atoms with E-state index >= 15 is 0 Å². The van der Waals surface area contributed by atoms with Crippen molar-refractivity contribution in [1.82, 2.24) is 0 Å². The van der Waals surface area contributed by atoms with Gasteiger partial charge in [-0.3, -0.25) is 4.79 Å². The summed E-state index contributed by atoms with van der Waals surface area (Å²) in [6, 6.07) is 15.8. The lowest BCUT2D eigenvalue weighted by Crippen LogP contribution is -2.17. The molecular weight excluding hydrogens is 260 g/mol. The van der Waals surface area contributed by atoms with E-state index < -0.39 is 0 Å². The van der Waals surface area contributed by atoms with Gasteiger partial charge in [0, 0.05) is 17.4 Å². The van der Waals surface area contributed by atoms with Crippen molar-refractivity contribution < 1.29 is 4.79 Å². The number of carbonyl (C=O) groups excluding carboxylic acids is 1. The van der Waals surface area contributed by atoms with Gasteiger partial charge in [-0.15, -0.1) is 0 Å². The predicted octanol–water partition coefficient (Wildman–Crippen LogP) is 4.32. The molecule has 0 bridgehead atoms. The Hall–Kier alpha value is -2.29. The zero-order valence-corrected chi connectivity index (χ0v) is 12.8. The van der Waals surface area contributed by atoms with E-state index in [1.54, 1.807) is 0 Å². The molecule has 1 amide bonds. The number of rotatable bonds is 5. The predicted molar refractivity (Wildman–Crippen MR) is 89.0 cm³/mol. The van der Waals surface area contributed by atoms with E-state index in [0.717, 1.165) is 17.8 Å². The van der Waals surface area contributed by atoms with E-state index in [9.17, 15) is 4.79 Å². The van der Waals surface area contributed by atoms with Gasteiger partial charge in [-0.2, -0.15) is 0 Å². The highest BCUT2D eigenvalue weighted by Crippen LogP contribution is 2.18. The van der Waals surface area contributed by atoms with Crippen LogP contribution < -0.4 is 10.6 Å². The first-order valence-corrected chi connectivity index (χ1v) is 7.36. The van der Waals surface area contributed by atoms with Crippen molar-refractivity contribution in [3.05, 3.63) is 59.7 Å². The van der Waals surface area contributed by atoms with Crippen LogP contribution in [0.3, 0.4) is 0 Å². The summed E-state index contributed by atoms with van der Waals surface area (Å²) in [7, 11) is 0. The van der Waals surface area contributed by atoms with Crippen LogP contribution in [0.25, 0.3) is 0 Å². The van der Waals surface area contributed by atoms with Gasteiger partial charge in [0.05, 0.1) is 5.56 Å². The second-order valence-corrected chi connectivity index (χ2v) is 5.35. The molecule has 21 heavy (non-hydrogen) atoms. The van der Waals surface area contributed by atoms with Crippen molar-refractivity contribution in [3.8, 4) is 0 Å². The summed E-state index contributed by atoms with van der Waals surface area (Å²) < 4.78 is 0. The summed E-state index contributed by atoms with van der Waals surface area (Å²) in [5, 5.41) is 6.24. The molecule has 0 radical (unpaired) electrons. The molecule has 110 valence electrons. The largest absolute Gasteiger partial charge is 0.382 e. The van der Waals surface area contributed by atoms with Gasteiger partial charge in [0.15, 0.2) is 0 Å². The molecular formula is C18H22N2O. The maximum Gasteiger partial charge on any atom is 0.257 e. The van der Waals surface area contributed by atoms with Crippen molar-refractivity contribution >= 4 is 17.3 Å². The Morgan fingerprint density at radius 2 is 1.71 bits per heavy atom. The molecule has 0 saturated carbocycles. The zero-order chi connectivity index (χ0) is 15.2. The van der Waals surface area contributed by atoms with Crippen LogP contribution in [0.1, 0.15) is 36.7 Å². The summed E-state index contributed by atoms with van der Waals surface area (Å²) >= 11 is 0. The fourth-order valence-electron chi connectivity index (χ4n) is 2.14. The number of benzene rings is 2. The molecule has 0 aromatic heterocycles. The van der Waals surface area contributed by atoms with Gasteiger partial charge in [-0.1, -0.05) is 31.2 Å². The Labute approximate surface area is 126 Å². The Bertz CT molecular complexity index is 603. The van der Waals surface area contributed by atoms with Crippen LogP contribution in [0.2, 0.25) is 0 Å². The second kappa shape index (κ2) is 6.93. The smallest absolute Gasteiger partial charge is 0.257 e. The van der Waals surface area contributed by atoms with Crippen LogP contribution in [0, 0.1) is 0 Å². The van der Waals surface area contributed by atoms with Gasteiger partial charge >= 0.3 is 0 Å². The molecule has 0 atom stereocenters. The first-order valence-electron chi connectivity index (χ1n) is 7.36. The normalized spacial score (nSPS) is 10.5. The SMILES string of the molecule is CCc1ccc(NC(=O)c2ccccc2NC(C)C)cc1. The molecule has 2 aromatic carbocycles. The molecule has 2 aromatic rings. The molecule has 2 N–H and O–H groups in total. The van der Waals surface area contributed by atoms with Crippen molar-refractivity contribution in [3.63, 3.8) is 0 Å². The molecule has 0 saturated heterocycles. The molecule has 0 heterocycles. The van der Waals surface area contributed by atoms with Crippen LogP contribution >= 0.6 is 0 Å². The van der Waals surface area contributed by atoms with Gasteiger partial charge in [-0.25, -0.2) is 0 Å². The highest BCUT2D eigenvalue weighted by molar-refractivity contribution is 6.08. The van der Waals surface area contributed by atoms with Crippen LogP contribution in [0.4, 0.5) is 11.4 Å². The molecule has 0 unspecified atom stereocenters. The van der Waals surface area contributed by atoms with Gasteiger partial charge in [-0.05, 0) is 50.1 Å². The number of amides is 1. The van der Waals surface area contributed by atoms with Crippen molar-refractivity contribution in [1.29, 1.82) is 0 Å². The van der Waals surface area contributed by atoms with Crippen LogP contribution in [0.15, 0.2) is 48.5 Å². The lowest BCUT2D eigenvalue weighted by atomic mass is 10.1. The number of hydrogen-bond donors (Lipinski definition) is 2. The van der Waals surface area contributed by atoms with Crippen LogP contribution in [-0.2, 0) is 6.42 Å². The first kappa shape index (κ1) is 15.1. The van der Waals surface area contributed by atoms with E-state index in [0.29, 0.717) is 5.56 Å². The number of hydrogen-bond acceptors (Lipinski definition) is 2. The maximum atomic E-state index is 12.4. The zero-order valence-electron chi connectivity index (χ0n) is 12.8. The topological polar surface area (TPSA) is 41.1 Å². The average molecular weight is 282 g/mol. The quantitative estimate of drug-likeness (QED) is 0.857. The average Bonchev–Trinajstić information content (AvgIpc) is 2.48. The Morgan fingerprint density at radius 1 is 1.05 bits per heavy atom. The van der Waals surface area contributed by atoms with E-state index in [2.05, 4.69) is 31.4 Å². The van der Waals surface area contributed by atoms with Crippen molar-refractivity contribution in [2.45, 2.75) is 33.2 Å².